The Kier molecular flexibility index (Phi) is 6.27. The number of aryl methyl sites for hydroxylation is 1. The summed E-state index contributed by atoms with van der Waals surface area (Å²) in [6.07, 6.45) is 0. The minimum absolute atomic E-state index is 0.529. The molecule has 7 heteroatoms. The highest BCUT2D eigenvalue weighted by Gasteiger charge is 2.09. The summed E-state index contributed by atoms with van der Waals surface area (Å²) in [7, 11) is 0. The molecular weight excluding hydrogens is 351 g/mol. The lowest BCUT2D eigenvalue weighted by Gasteiger charge is -2.10. The van der Waals surface area contributed by atoms with Crippen molar-refractivity contribution in [1.82, 2.24) is 15.1 Å². The van der Waals surface area contributed by atoms with Gasteiger partial charge in [-0.1, -0.05) is 43.1 Å². The number of nitrogens with zero attached hydrogens (tertiary/aromatic N) is 2. The van der Waals surface area contributed by atoms with Crippen molar-refractivity contribution >= 4 is 46.4 Å². The molecule has 1 heterocycles. The second-order valence-electron chi connectivity index (χ2n) is 5.79. The van der Waals surface area contributed by atoms with Gasteiger partial charge in [0, 0.05) is 28.4 Å². The van der Waals surface area contributed by atoms with E-state index in [9.17, 15) is 0 Å². The maximum atomic E-state index is 6.22. The molecule has 124 valence electrons. The molecule has 0 aliphatic carbocycles. The molecule has 1 aromatic heterocycles. The van der Waals surface area contributed by atoms with Gasteiger partial charge in [-0.2, -0.15) is 5.10 Å². The fraction of sp³-hybridized carbons (Fsp3) is 0.375. The van der Waals surface area contributed by atoms with E-state index in [-0.39, 0.29) is 0 Å². The summed E-state index contributed by atoms with van der Waals surface area (Å²) in [5, 5.41) is 12.6. The summed E-state index contributed by atoms with van der Waals surface area (Å²) in [5.74, 6) is 1.25. The van der Waals surface area contributed by atoms with Crippen molar-refractivity contribution in [2.75, 3.05) is 11.9 Å². The Labute approximate surface area is 152 Å². The van der Waals surface area contributed by atoms with E-state index in [0.29, 0.717) is 33.4 Å². The summed E-state index contributed by atoms with van der Waals surface area (Å²) < 4.78 is 1.88. The zero-order valence-corrected chi connectivity index (χ0v) is 15.7. The van der Waals surface area contributed by atoms with Crippen LogP contribution in [0.25, 0.3) is 0 Å². The molecule has 0 bridgehead atoms. The van der Waals surface area contributed by atoms with Crippen LogP contribution < -0.4 is 10.6 Å². The van der Waals surface area contributed by atoms with Crippen molar-refractivity contribution in [3.8, 4) is 0 Å². The molecule has 0 aliphatic rings. The molecule has 23 heavy (non-hydrogen) atoms. The van der Waals surface area contributed by atoms with Crippen molar-refractivity contribution in [1.29, 1.82) is 0 Å². The van der Waals surface area contributed by atoms with Gasteiger partial charge < -0.3 is 10.6 Å². The maximum Gasteiger partial charge on any atom is 0.171 e. The second-order valence-corrected chi connectivity index (χ2v) is 7.05. The second kappa shape index (κ2) is 7.99. The van der Waals surface area contributed by atoms with Crippen molar-refractivity contribution in [2.24, 2.45) is 5.92 Å². The first-order valence-electron chi connectivity index (χ1n) is 7.38. The summed E-state index contributed by atoms with van der Waals surface area (Å²) in [4.78, 5) is 0. The fourth-order valence-corrected chi connectivity index (χ4v) is 2.66. The van der Waals surface area contributed by atoms with Crippen LogP contribution in [0, 0.1) is 12.8 Å². The van der Waals surface area contributed by atoms with Gasteiger partial charge in [0.25, 0.3) is 0 Å². The topological polar surface area (TPSA) is 41.9 Å². The Bertz CT molecular complexity index is 697. The molecule has 0 spiro atoms. The Morgan fingerprint density at radius 2 is 2.04 bits per heavy atom. The number of hydrogen-bond acceptors (Lipinski definition) is 2. The average molecular weight is 371 g/mol. The first kappa shape index (κ1) is 18.0. The van der Waals surface area contributed by atoms with Crippen LogP contribution in [0.15, 0.2) is 24.3 Å². The van der Waals surface area contributed by atoms with Crippen molar-refractivity contribution in [3.05, 3.63) is 45.6 Å². The Morgan fingerprint density at radius 3 is 2.70 bits per heavy atom. The van der Waals surface area contributed by atoms with Crippen LogP contribution in [0.4, 0.5) is 5.82 Å². The minimum atomic E-state index is 0.529. The van der Waals surface area contributed by atoms with Gasteiger partial charge in [-0.15, -0.1) is 0 Å². The molecule has 2 aromatic rings. The molecule has 0 atom stereocenters. The monoisotopic (exact) mass is 370 g/mol. The number of nitrogens with one attached hydrogen (secondary N) is 2. The maximum absolute atomic E-state index is 6.22. The predicted molar refractivity (Wildman–Crippen MR) is 102 cm³/mol. The van der Waals surface area contributed by atoms with Gasteiger partial charge in [0.1, 0.15) is 0 Å². The van der Waals surface area contributed by atoms with Gasteiger partial charge in [0.2, 0.25) is 0 Å². The molecule has 1 aromatic carbocycles. The van der Waals surface area contributed by atoms with Gasteiger partial charge in [-0.25, -0.2) is 0 Å². The number of anilines is 1. The standard InChI is InChI=1S/C16H20Cl2N4S/c1-10(2)8-19-16(23)20-15-6-11(3)22(21-15)9-12-4-5-13(17)7-14(12)18/h4-7,10H,8-9H2,1-3H3,(H2,19,20,21,23). The Balaban J connectivity index is 2.04. The summed E-state index contributed by atoms with van der Waals surface area (Å²) in [5.41, 5.74) is 1.99. The van der Waals surface area contributed by atoms with Gasteiger partial charge in [-0.3, -0.25) is 4.68 Å². The molecule has 0 saturated heterocycles. The highest BCUT2D eigenvalue weighted by atomic mass is 35.5. The highest BCUT2D eigenvalue weighted by Crippen LogP contribution is 2.22. The van der Waals surface area contributed by atoms with Gasteiger partial charge in [0.15, 0.2) is 10.9 Å². The van der Waals surface area contributed by atoms with E-state index in [4.69, 9.17) is 35.4 Å². The molecule has 2 rings (SSSR count). The van der Waals surface area contributed by atoms with Crippen LogP contribution in [-0.4, -0.2) is 21.4 Å². The van der Waals surface area contributed by atoms with Crippen molar-refractivity contribution < 1.29 is 0 Å². The Morgan fingerprint density at radius 1 is 1.30 bits per heavy atom. The fourth-order valence-electron chi connectivity index (χ4n) is 2.00. The normalized spacial score (nSPS) is 10.9. The Hall–Kier alpha value is -1.30. The lowest BCUT2D eigenvalue weighted by atomic mass is 10.2. The molecule has 0 radical (unpaired) electrons. The smallest absolute Gasteiger partial charge is 0.171 e. The summed E-state index contributed by atoms with van der Waals surface area (Å²) >= 11 is 17.4. The van der Waals surface area contributed by atoms with Crippen LogP contribution in [-0.2, 0) is 6.54 Å². The van der Waals surface area contributed by atoms with E-state index in [2.05, 4.69) is 29.6 Å². The quantitative estimate of drug-likeness (QED) is 0.760. The largest absolute Gasteiger partial charge is 0.362 e. The van der Waals surface area contributed by atoms with Crippen molar-refractivity contribution in [2.45, 2.75) is 27.3 Å². The number of aromatic nitrogens is 2. The average Bonchev–Trinajstić information content (AvgIpc) is 2.79. The van der Waals surface area contributed by atoms with Crippen LogP contribution >= 0.6 is 35.4 Å². The number of hydrogen-bond donors (Lipinski definition) is 2. The SMILES string of the molecule is Cc1cc(NC(=S)NCC(C)C)nn1Cc1ccc(Cl)cc1Cl. The first-order chi connectivity index (χ1) is 10.8. The predicted octanol–water partition coefficient (Wildman–Crippen LogP) is 4.49. The summed E-state index contributed by atoms with van der Waals surface area (Å²) in [6, 6.07) is 7.42. The van der Waals surface area contributed by atoms with Crippen LogP contribution in [0.2, 0.25) is 10.0 Å². The molecule has 0 saturated carbocycles. The van der Waals surface area contributed by atoms with Crippen LogP contribution in [0.3, 0.4) is 0 Å². The lowest BCUT2D eigenvalue weighted by Crippen LogP contribution is -2.31. The molecule has 0 unspecified atom stereocenters. The molecule has 0 amide bonds. The van der Waals surface area contributed by atoms with Gasteiger partial charge >= 0.3 is 0 Å². The van der Waals surface area contributed by atoms with E-state index in [0.717, 1.165) is 17.8 Å². The lowest BCUT2D eigenvalue weighted by molar-refractivity contribution is 0.627. The third-order valence-electron chi connectivity index (χ3n) is 3.23. The van der Waals surface area contributed by atoms with E-state index < -0.39 is 0 Å². The van der Waals surface area contributed by atoms with E-state index >= 15 is 0 Å². The molecule has 4 nitrogen and oxygen atoms in total. The number of halogens is 2. The number of benzene rings is 1. The number of rotatable bonds is 5. The molecular formula is C16H20Cl2N4S. The summed E-state index contributed by atoms with van der Waals surface area (Å²) in [6.45, 7) is 7.66. The van der Waals surface area contributed by atoms with E-state index in [1.807, 2.05) is 29.8 Å². The highest BCUT2D eigenvalue weighted by molar-refractivity contribution is 7.80. The zero-order valence-electron chi connectivity index (χ0n) is 13.4. The van der Waals surface area contributed by atoms with E-state index in [1.54, 1.807) is 6.07 Å². The first-order valence-corrected chi connectivity index (χ1v) is 8.55. The molecule has 0 aliphatic heterocycles. The van der Waals surface area contributed by atoms with Gasteiger partial charge in [0.05, 0.1) is 6.54 Å². The van der Waals surface area contributed by atoms with Crippen molar-refractivity contribution in [3.63, 3.8) is 0 Å². The minimum Gasteiger partial charge on any atom is -0.362 e. The molecule has 2 N–H and O–H groups in total. The zero-order chi connectivity index (χ0) is 17.0. The van der Waals surface area contributed by atoms with Crippen LogP contribution in [0.5, 0.6) is 0 Å². The third-order valence-corrected chi connectivity index (χ3v) is 4.06. The van der Waals surface area contributed by atoms with Gasteiger partial charge in [-0.05, 0) is 42.8 Å². The van der Waals surface area contributed by atoms with Crippen LogP contribution in [0.1, 0.15) is 25.1 Å². The number of thiocarbonyl (C=S) groups is 1. The molecule has 0 fully saturated rings. The third kappa shape index (κ3) is 5.37. The van der Waals surface area contributed by atoms with E-state index in [1.165, 1.54) is 0 Å².